The highest BCUT2D eigenvalue weighted by Crippen LogP contribution is 2.22. The summed E-state index contributed by atoms with van der Waals surface area (Å²) in [7, 11) is 0. The number of ether oxygens (including phenoxy) is 1. The molecule has 0 aliphatic carbocycles. The molecule has 3 nitrogen and oxygen atoms in total. The number of rotatable bonds is 2. The monoisotopic (exact) mass is 219 g/mol. The van der Waals surface area contributed by atoms with Gasteiger partial charge < -0.3 is 10.5 Å². The van der Waals surface area contributed by atoms with Crippen LogP contribution < -0.4 is 5.73 Å². The van der Waals surface area contributed by atoms with E-state index in [-0.39, 0.29) is 6.61 Å². The molecule has 1 aromatic carbocycles. The average molecular weight is 219 g/mol. The fourth-order valence-electron chi connectivity index (χ4n) is 0.981. The first-order valence-corrected chi connectivity index (χ1v) is 4.09. The van der Waals surface area contributed by atoms with E-state index in [1.54, 1.807) is 0 Å². The number of benzene rings is 1. The van der Waals surface area contributed by atoms with Crippen LogP contribution in [0.15, 0.2) is 6.07 Å². The highest BCUT2D eigenvalue weighted by Gasteiger charge is 2.21. The van der Waals surface area contributed by atoms with Crippen LogP contribution >= 0.6 is 0 Å². The van der Waals surface area contributed by atoms with Gasteiger partial charge in [-0.3, -0.25) is 0 Å². The van der Waals surface area contributed by atoms with Crippen LogP contribution in [0.5, 0.6) is 0 Å². The van der Waals surface area contributed by atoms with Gasteiger partial charge in [-0.2, -0.15) is 0 Å². The Morgan fingerprint density at radius 2 is 2.00 bits per heavy atom. The van der Waals surface area contributed by atoms with Crippen molar-refractivity contribution in [2.24, 2.45) is 0 Å². The van der Waals surface area contributed by atoms with Gasteiger partial charge in [0.15, 0.2) is 17.5 Å². The molecule has 0 aliphatic heterocycles. The van der Waals surface area contributed by atoms with Gasteiger partial charge in [-0.05, 0) is 13.0 Å². The molecule has 1 aromatic rings. The Hall–Kier alpha value is -1.72. The number of nitrogen functional groups attached to an aromatic ring is 1. The molecule has 82 valence electrons. The van der Waals surface area contributed by atoms with E-state index >= 15 is 0 Å². The third-order valence-corrected chi connectivity index (χ3v) is 1.69. The van der Waals surface area contributed by atoms with E-state index in [4.69, 9.17) is 5.73 Å². The van der Waals surface area contributed by atoms with Crippen LogP contribution in [0.25, 0.3) is 0 Å². The van der Waals surface area contributed by atoms with E-state index in [0.717, 1.165) is 0 Å². The molecule has 0 aromatic heterocycles. The van der Waals surface area contributed by atoms with Gasteiger partial charge in [0.05, 0.1) is 6.61 Å². The summed E-state index contributed by atoms with van der Waals surface area (Å²) in [5, 5.41) is 0. The molecule has 6 heteroatoms. The number of carbonyl (C=O) groups is 1. The molecule has 0 fully saturated rings. The summed E-state index contributed by atoms with van der Waals surface area (Å²) in [4.78, 5) is 11.1. The number of nitrogens with two attached hydrogens (primary N) is 1. The molecule has 0 bridgehead atoms. The number of anilines is 1. The first kappa shape index (κ1) is 11.4. The van der Waals surface area contributed by atoms with Crippen molar-refractivity contribution in [3.05, 3.63) is 29.1 Å². The van der Waals surface area contributed by atoms with E-state index in [2.05, 4.69) is 4.74 Å². The standard InChI is InChI=1S/C9H8F3NO2/c1-2-15-9(14)4-3-5(10)7(12)8(13)6(4)11/h3H,2,13H2,1H3. The fourth-order valence-corrected chi connectivity index (χ4v) is 0.981. The lowest BCUT2D eigenvalue weighted by atomic mass is 10.1. The number of halogens is 3. The molecule has 0 saturated carbocycles. The summed E-state index contributed by atoms with van der Waals surface area (Å²) in [5.41, 5.74) is 3.18. The largest absolute Gasteiger partial charge is 0.462 e. The third-order valence-electron chi connectivity index (χ3n) is 1.69. The molecule has 2 N–H and O–H groups in total. The van der Waals surface area contributed by atoms with Crippen LogP contribution in [-0.2, 0) is 4.74 Å². The molecule has 0 heterocycles. The zero-order valence-electron chi connectivity index (χ0n) is 7.81. The maximum absolute atomic E-state index is 13.2. The molecule has 0 atom stereocenters. The zero-order valence-corrected chi connectivity index (χ0v) is 7.81. The second kappa shape index (κ2) is 4.20. The van der Waals surface area contributed by atoms with Crippen LogP contribution in [0.2, 0.25) is 0 Å². The first-order valence-electron chi connectivity index (χ1n) is 4.09. The second-order valence-electron chi connectivity index (χ2n) is 2.67. The number of hydrogen-bond donors (Lipinski definition) is 1. The minimum Gasteiger partial charge on any atom is -0.462 e. The third kappa shape index (κ3) is 2.03. The highest BCUT2D eigenvalue weighted by molar-refractivity contribution is 5.90. The van der Waals surface area contributed by atoms with Crippen LogP contribution in [-0.4, -0.2) is 12.6 Å². The van der Waals surface area contributed by atoms with Gasteiger partial charge in [-0.25, -0.2) is 18.0 Å². The smallest absolute Gasteiger partial charge is 0.341 e. The predicted molar refractivity (Wildman–Crippen MR) is 46.7 cm³/mol. The normalized spacial score (nSPS) is 10.1. The van der Waals surface area contributed by atoms with Crippen LogP contribution in [0, 0.1) is 17.5 Å². The number of carbonyl (C=O) groups excluding carboxylic acids is 1. The van der Waals surface area contributed by atoms with Gasteiger partial charge in [0.2, 0.25) is 0 Å². The Balaban J connectivity index is 3.26. The Labute approximate surface area is 83.6 Å². The van der Waals surface area contributed by atoms with Crippen molar-refractivity contribution >= 4 is 11.7 Å². The highest BCUT2D eigenvalue weighted by atomic mass is 19.2. The summed E-state index contributed by atoms with van der Waals surface area (Å²) in [6.45, 7) is 1.50. The SMILES string of the molecule is CCOC(=O)c1cc(F)c(F)c(N)c1F. The van der Waals surface area contributed by atoms with Crippen LogP contribution in [0.1, 0.15) is 17.3 Å². The van der Waals surface area contributed by atoms with Crippen LogP contribution in [0.4, 0.5) is 18.9 Å². The molecule has 0 spiro atoms. The topological polar surface area (TPSA) is 52.3 Å². The molecule has 0 unspecified atom stereocenters. The minimum atomic E-state index is -1.51. The maximum Gasteiger partial charge on any atom is 0.341 e. The molecular weight excluding hydrogens is 211 g/mol. The van der Waals surface area contributed by atoms with Crippen molar-refractivity contribution < 1.29 is 22.7 Å². The molecule has 15 heavy (non-hydrogen) atoms. The van der Waals surface area contributed by atoms with E-state index in [1.807, 2.05) is 0 Å². The lowest BCUT2D eigenvalue weighted by Crippen LogP contribution is -2.11. The average Bonchev–Trinajstić information content (AvgIpc) is 2.20. The molecule has 1 rings (SSSR count). The Morgan fingerprint density at radius 1 is 1.40 bits per heavy atom. The zero-order chi connectivity index (χ0) is 11.6. The van der Waals surface area contributed by atoms with Gasteiger partial charge in [-0.1, -0.05) is 0 Å². The van der Waals surface area contributed by atoms with Crippen molar-refractivity contribution in [2.45, 2.75) is 6.92 Å². The lowest BCUT2D eigenvalue weighted by Gasteiger charge is -2.06. The van der Waals surface area contributed by atoms with Gasteiger partial charge in [0.25, 0.3) is 0 Å². The van der Waals surface area contributed by atoms with Crippen molar-refractivity contribution in [1.82, 2.24) is 0 Å². The van der Waals surface area contributed by atoms with E-state index in [1.165, 1.54) is 6.92 Å². The predicted octanol–water partition coefficient (Wildman–Crippen LogP) is 1.86. The Kier molecular flexibility index (Phi) is 3.18. The Bertz CT molecular complexity index is 407. The Morgan fingerprint density at radius 3 is 2.53 bits per heavy atom. The molecular formula is C9H8F3NO2. The van der Waals surface area contributed by atoms with Gasteiger partial charge in [0.1, 0.15) is 11.3 Å². The van der Waals surface area contributed by atoms with Crippen molar-refractivity contribution in [1.29, 1.82) is 0 Å². The first-order chi connectivity index (χ1) is 6.99. The quantitative estimate of drug-likeness (QED) is 0.469. The summed E-state index contributed by atoms with van der Waals surface area (Å²) in [6, 6.07) is 0.416. The van der Waals surface area contributed by atoms with Gasteiger partial charge in [0, 0.05) is 0 Å². The maximum atomic E-state index is 13.2. The van der Waals surface area contributed by atoms with Gasteiger partial charge in [-0.15, -0.1) is 0 Å². The van der Waals surface area contributed by atoms with Crippen LogP contribution in [0.3, 0.4) is 0 Å². The summed E-state index contributed by atoms with van der Waals surface area (Å²) in [5.74, 6) is -5.30. The molecule has 0 aliphatic rings. The van der Waals surface area contributed by atoms with Gasteiger partial charge >= 0.3 is 5.97 Å². The number of hydrogen-bond acceptors (Lipinski definition) is 3. The molecule has 0 radical (unpaired) electrons. The molecule has 0 amide bonds. The summed E-state index contributed by atoms with van der Waals surface area (Å²) >= 11 is 0. The lowest BCUT2D eigenvalue weighted by molar-refractivity contribution is 0.0520. The fraction of sp³-hybridized carbons (Fsp3) is 0.222. The van der Waals surface area contributed by atoms with Crippen molar-refractivity contribution in [2.75, 3.05) is 12.3 Å². The van der Waals surface area contributed by atoms with Crippen molar-refractivity contribution in [3.63, 3.8) is 0 Å². The van der Waals surface area contributed by atoms with E-state index < -0.39 is 34.7 Å². The summed E-state index contributed by atoms with van der Waals surface area (Å²) in [6.07, 6.45) is 0. The summed E-state index contributed by atoms with van der Waals surface area (Å²) < 4.78 is 43.1. The second-order valence-corrected chi connectivity index (χ2v) is 2.67. The van der Waals surface area contributed by atoms with E-state index in [9.17, 15) is 18.0 Å². The molecule has 0 saturated heterocycles. The minimum absolute atomic E-state index is 0.00280. The number of esters is 1. The van der Waals surface area contributed by atoms with E-state index in [0.29, 0.717) is 6.07 Å². The van der Waals surface area contributed by atoms with Crippen molar-refractivity contribution in [3.8, 4) is 0 Å².